The number of fused-ring (bicyclic) bond motifs is 1. The van der Waals surface area contributed by atoms with Gasteiger partial charge in [-0.05, 0) is 31.5 Å². The number of anilines is 1. The Bertz CT molecular complexity index is 738. The molecule has 0 fully saturated rings. The van der Waals surface area contributed by atoms with Crippen molar-refractivity contribution in [2.45, 2.75) is 19.9 Å². The lowest BCUT2D eigenvalue weighted by atomic mass is 10.1. The van der Waals surface area contributed by atoms with Crippen LogP contribution in [0, 0.1) is 6.92 Å². The van der Waals surface area contributed by atoms with Crippen molar-refractivity contribution in [3.8, 4) is 5.75 Å². The number of hydrogen-bond acceptors (Lipinski definition) is 5. The summed E-state index contributed by atoms with van der Waals surface area (Å²) in [5.74, 6) is 0.683. The van der Waals surface area contributed by atoms with Gasteiger partial charge in [0.2, 0.25) is 0 Å². The highest BCUT2D eigenvalue weighted by atomic mass is 16.5. The Kier molecular flexibility index (Phi) is 3.54. The quantitative estimate of drug-likeness (QED) is 0.901. The molecule has 0 saturated heterocycles. The Hall–Kier alpha value is -2.83. The molecule has 22 heavy (non-hydrogen) atoms. The van der Waals surface area contributed by atoms with E-state index in [0.717, 1.165) is 5.56 Å². The molecule has 0 bridgehead atoms. The van der Waals surface area contributed by atoms with E-state index in [2.05, 4.69) is 15.8 Å². The van der Waals surface area contributed by atoms with Gasteiger partial charge in [-0.1, -0.05) is 11.2 Å². The Morgan fingerprint density at radius 2 is 2.23 bits per heavy atom. The molecule has 1 aromatic carbocycles. The number of aryl methyl sites for hydroxylation is 1. The maximum atomic E-state index is 12.1. The van der Waals surface area contributed by atoms with Crippen LogP contribution >= 0.6 is 0 Å². The summed E-state index contributed by atoms with van der Waals surface area (Å²) in [5, 5.41) is 9.25. The van der Waals surface area contributed by atoms with Crippen molar-refractivity contribution in [2.75, 3.05) is 11.9 Å². The molecule has 3 rings (SSSR count). The largest absolute Gasteiger partial charge is 0.482 e. The zero-order valence-corrected chi connectivity index (χ0v) is 12.2. The van der Waals surface area contributed by atoms with Crippen LogP contribution in [-0.4, -0.2) is 23.6 Å². The molecule has 1 aliphatic rings. The summed E-state index contributed by atoms with van der Waals surface area (Å²) >= 11 is 0. The van der Waals surface area contributed by atoms with Crippen LogP contribution < -0.4 is 15.4 Å². The third-order valence-corrected chi connectivity index (χ3v) is 3.34. The molecule has 1 aromatic heterocycles. The fourth-order valence-electron chi connectivity index (χ4n) is 2.20. The van der Waals surface area contributed by atoms with Crippen molar-refractivity contribution >= 4 is 17.5 Å². The van der Waals surface area contributed by atoms with E-state index in [1.807, 2.05) is 13.0 Å². The number of nitrogens with zero attached hydrogens (tertiary/aromatic N) is 1. The first-order valence-corrected chi connectivity index (χ1v) is 6.83. The van der Waals surface area contributed by atoms with E-state index in [9.17, 15) is 9.59 Å². The second-order valence-corrected chi connectivity index (χ2v) is 5.11. The number of rotatable bonds is 3. The average molecular weight is 301 g/mol. The van der Waals surface area contributed by atoms with Gasteiger partial charge in [0.15, 0.2) is 12.3 Å². The highest BCUT2D eigenvalue weighted by Crippen LogP contribution is 2.30. The van der Waals surface area contributed by atoms with Gasteiger partial charge < -0.3 is 19.9 Å². The van der Waals surface area contributed by atoms with Crippen LogP contribution in [0.5, 0.6) is 5.75 Å². The van der Waals surface area contributed by atoms with Crippen molar-refractivity contribution < 1.29 is 18.8 Å². The number of carbonyl (C=O) groups excluding carboxylic acids is 2. The van der Waals surface area contributed by atoms with Gasteiger partial charge in [0.1, 0.15) is 11.5 Å². The zero-order valence-electron chi connectivity index (χ0n) is 12.2. The van der Waals surface area contributed by atoms with E-state index in [1.165, 1.54) is 0 Å². The number of aromatic nitrogens is 1. The summed E-state index contributed by atoms with van der Waals surface area (Å²) in [6.07, 6.45) is 0. The number of ether oxygens (including phenoxy) is 1. The maximum Gasteiger partial charge on any atom is 0.273 e. The number of benzene rings is 1. The third-order valence-electron chi connectivity index (χ3n) is 3.34. The monoisotopic (exact) mass is 301 g/mol. The van der Waals surface area contributed by atoms with Crippen LogP contribution in [0.15, 0.2) is 28.8 Å². The normalized spacial score (nSPS) is 14.5. The van der Waals surface area contributed by atoms with Crippen molar-refractivity contribution in [3.63, 3.8) is 0 Å². The molecule has 0 saturated carbocycles. The van der Waals surface area contributed by atoms with Gasteiger partial charge in [0.25, 0.3) is 11.8 Å². The Labute approximate surface area is 126 Å². The molecule has 0 aliphatic carbocycles. The summed E-state index contributed by atoms with van der Waals surface area (Å²) in [6, 6.07) is 6.71. The number of amides is 2. The van der Waals surface area contributed by atoms with E-state index < -0.39 is 0 Å². The Morgan fingerprint density at radius 1 is 1.41 bits per heavy atom. The minimum Gasteiger partial charge on any atom is -0.482 e. The van der Waals surface area contributed by atoms with Gasteiger partial charge in [0, 0.05) is 6.07 Å². The van der Waals surface area contributed by atoms with Gasteiger partial charge in [0.05, 0.1) is 11.7 Å². The molecule has 0 spiro atoms. The van der Waals surface area contributed by atoms with Crippen LogP contribution in [0.25, 0.3) is 0 Å². The Balaban J connectivity index is 1.75. The van der Waals surface area contributed by atoms with Gasteiger partial charge in [-0.2, -0.15) is 0 Å². The lowest BCUT2D eigenvalue weighted by Gasteiger charge is -2.20. The van der Waals surface area contributed by atoms with E-state index in [0.29, 0.717) is 17.2 Å². The molecule has 1 aliphatic heterocycles. The molecule has 7 heteroatoms. The molecule has 114 valence electrons. The fourth-order valence-corrected chi connectivity index (χ4v) is 2.20. The first-order chi connectivity index (χ1) is 10.5. The second-order valence-electron chi connectivity index (χ2n) is 5.11. The first-order valence-electron chi connectivity index (χ1n) is 6.83. The van der Waals surface area contributed by atoms with Crippen LogP contribution in [0.1, 0.15) is 34.8 Å². The summed E-state index contributed by atoms with van der Waals surface area (Å²) in [5.41, 5.74) is 1.68. The maximum absolute atomic E-state index is 12.1. The van der Waals surface area contributed by atoms with Crippen molar-refractivity contribution in [1.82, 2.24) is 10.5 Å². The predicted molar refractivity (Wildman–Crippen MR) is 77.7 cm³/mol. The van der Waals surface area contributed by atoms with Gasteiger partial charge in [-0.3, -0.25) is 9.59 Å². The minimum atomic E-state index is -0.317. The summed E-state index contributed by atoms with van der Waals surface area (Å²) in [6.45, 7) is 3.58. The first kappa shape index (κ1) is 14.1. The number of hydrogen-bond donors (Lipinski definition) is 2. The van der Waals surface area contributed by atoms with Crippen LogP contribution in [0.4, 0.5) is 5.69 Å². The topological polar surface area (TPSA) is 93.5 Å². The average Bonchev–Trinajstić information content (AvgIpc) is 2.93. The number of carbonyl (C=O) groups is 2. The molecule has 2 aromatic rings. The number of nitrogens with one attached hydrogen (secondary N) is 2. The molecule has 0 unspecified atom stereocenters. The van der Waals surface area contributed by atoms with Crippen molar-refractivity contribution in [2.24, 2.45) is 0 Å². The van der Waals surface area contributed by atoms with E-state index in [1.54, 1.807) is 25.1 Å². The van der Waals surface area contributed by atoms with Gasteiger partial charge in [-0.25, -0.2) is 0 Å². The standard InChI is InChI=1S/C15H15N3O4/c1-8-5-12(18-22-8)15(20)16-9(2)10-3-4-13-11(6-10)17-14(19)7-21-13/h3-6,9H,7H2,1-2H3,(H,16,20)(H,17,19)/t9-/m1/s1. The molecule has 2 amide bonds. The molecule has 7 nitrogen and oxygen atoms in total. The highest BCUT2D eigenvalue weighted by Gasteiger charge is 2.19. The molecule has 1 atom stereocenters. The fraction of sp³-hybridized carbons (Fsp3) is 0.267. The Morgan fingerprint density at radius 3 is 2.95 bits per heavy atom. The molecule has 0 radical (unpaired) electrons. The van der Waals surface area contributed by atoms with E-state index in [-0.39, 0.29) is 30.2 Å². The van der Waals surface area contributed by atoms with Gasteiger partial charge in [-0.15, -0.1) is 0 Å². The van der Waals surface area contributed by atoms with Crippen LogP contribution in [-0.2, 0) is 4.79 Å². The summed E-state index contributed by atoms with van der Waals surface area (Å²) in [7, 11) is 0. The van der Waals surface area contributed by atoms with Gasteiger partial charge >= 0.3 is 0 Å². The molecule has 2 N–H and O–H groups in total. The molecular weight excluding hydrogens is 286 g/mol. The summed E-state index contributed by atoms with van der Waals surface area (Å²) < 4.78 is 10.2. The second kappa shape index (κ2) is 5.51. The lowest BCUT2D eigenvalue weighted by molar-refractivity contribution is -0.118. The predicted octanol–water partition coefficient (Wildman–Crippen LogP) is 1.80. The zero-order chi connectivity index (χ0) is 15.7. The minimum absolute atomic E-state index is 0.0180. The van der Waals surface area contributed by atoms with Crippen molar-refractivity contribution in [3.05, 3.63) is 41.3 Å². The summed E-state index contributed by atoms with van der Waals surface area (Å²) in [4.78, 5) is 23.4. The smallest absolute Gasteiger partial charge is 0.273 e. The lowest BCUT2D eigenvalue weighted by Crippen LogP contribution is -2.28. The van der Waals surface area contributed by atoms with Crippen LogP contribution in [0.3, 0.4) is 0 Å². The van der Waals surface area contributed by atoms with Crippen LogP contribution in [0.2, 0.25) is 0 Å². The SMILES string of the molecule is Cc1cc(C(=O)N[C@H](C)c2ccc3c(c2)NC(=O)CO3)no1. The van der Waals surface area contributed by atoms with Crippen molar-refractivity contribution in [1.29, 1.82) is 0 Å². The highest BCUT2D eigenvalue weighted by molar-refractivity contribution is 5.95. The molecule has 2 heterocycles. The van der Waals surface area contributed by atoms with E-state index >= 15 is 0 Å². The van der Waals surface area contributed by atoms with E-state index in [4.69, 9.17) is 9.26 Å². The molecular formula is C15H15N3O4. The third kappa shape index (κ3) is 2.78.